The summed E-state index contributed by atoms with van der Waals surface area (Å²) in [4.78, 5) is 22.4. The lowest BCUT2D eigenvalue weighted by Gasteiger charge is -2.07. The van der Waals surface area contributed by atoms with E-state index in [2.05, 4.69) is 0 Å². The third kappa shape index (κ3) is 3.94. The number of carbonyl (C=O) groups is 1. The molecule has 0 radical (unpaired) electrons. The van der Waals surface area contributed by atoms with Gasteiger partial charge in [-0.1, -0.05) is 12.1 Å². The number of ether oxygens (including phenoxy) is 2. The summed E-state index contributed by atoms with van der Waals surface area (Å²) in [6, 6.07) is 10.8. The van der Waals surface area contributed by atoms with Crippen LogP contribution in [0.1, 0.15) is 15.9 Å². The van der Waals surface area contributed by atoms with E-state index in [9.17, 15) is 14.9 Å². The predicted molar refractivity (Wildman–Crippen MR) is 86.0 cm³/mol. The fraction of sp³-hybridized carbons (Fsp3) is 0.118. The van der Waals surface area contributed by atoms with Crippen LogP contribution in [0, 0.1) is 10.1 Å². The molecular weight excluding hydrogens is 298 g/mol. The van der Waals surface area contributed by atoms with Crippen LogP contribution in [-0.4, -0.2) is 24.9 Å². The van der Waals surface area contributed by atoms with Crippen molar-refractivity contribution in [1.29, 1.82) is 0 Å². The van der Waals surface area contributed by atoms with E-state index in [1.165, 1.54) is 37.5 Å². The molecule has 0 aliphatic carbocycles. The van der Waals surface area contributed by atoms with Crippen molar-refractivity contribution in [2.24, 2.45) is 0 Å². The van der Waals surface area contributed by atoms with E-state index in [1.54, 1.807) is 31.4 Å². The normalized spacial score (nSPS) is 10.5. The van der Waals surface area contributed by atoms with Crippen LogP contribution < -0.4 is 9.47 Å². The SMILES string of the molecule is COc1ccc(/C=C/C(=O)c2cccc([N+](=O)[O-])c2)c(OC)c1. The van der Waals surface area contributed by atoms with Crippen molar-refractivity contribution in [3.63, 3.8) is 0 Å². The summed E-state index contributed by atoms with van der Waals surface area (Å²) in [6.45, 7) is 0. The van der Waals surface area contributed by atoms with Crippen molar-refractivity contribution in [3.8, 4) is 11.5 Å². The second kappa shape index (κ2) is 7.22. The van der Waals surface area contributed by atoms with Crippen molar-refractivity contribution >= 4 is 17.5 Å². The molecule has 0 aliphatic heterocycles. The van der Waals surface area contributed by atoms with Gasteiger partial charge in [0.25, 0.3) is 5.69 Å². The standard InChI is InChI=1S/C17H15NO5/c1-22-15-8-6-12(17(11-15)23-2)7-9-16(19)13-4-3-5-14(10-13)18(20)21/h3-11H,1-2H3/b9-7+. The summed E-state index contributed by atoms with van der Waals surface area (Å²) >= 11 is 0. The van der Waals surface area contributed by atoms with Crippen LogP contribution in [0.15, 0.2) is 48.5 Å². The Balaban J connectivity index is 2.24. The second-order valence-corrected chi connectivity index (χ2v) is 4.61. The first kappa shape index (κ1) is 16.2. The van der Waals surface area contributed by atoms with E-state index in [-0.39, 0.29) is 17.0 Å². The maximum Gasteiger partial charge on any atom is 0.270 e. The van der Waals surface area contributed by atoms with Gasteiger partial charge in [-0.15, -0.1) is 0 Å². The molecule has 0 N–H and O–H groups in total. The van der Waals surface area contributed by atoms with Crippen molar-refractivity contribution < 1.29 is 19.2 Å². The fourth-order valence-corrected chi connectivity index (χ4v) is 1.99. The first-order chi connectivity index (χ1) is 11.0. The number of ketones is 1. The lowest BCUT2D eigenvalue weighted by atomic mass is 10.1. The van der Waals surface area contributed by atoms with E-state index in [1.807, 2.05) is 0 Å². The Hall–Kier alpha value is -3.15. The number of nitro benzene ring substituents is 1. The van der Waals surface area contributed by atoms with Crippen LogP contribution >= 0.6 is 0 Å². The van der Waals surface area contributed by atoms with Gasteiger partial charge < -0.3 is 9.47 Å². The van der Waals surface area contributed by atoms with Gasteiger partial charge in [-0.3, -0.25) is 14.9 Å². The molecule has 0 saturated carbocycles. The summed E-state index contributed by atoms with van der Waals surface area (Å²) in [5.41, 5.74) is 0.835. The topological polar surface area (TPSA) is 78.7 Å². The van der Waals surface area contributed by atoms with Gasteiger partial charge in [-0.25, -0.2) is 0 Å². The lowest BCUT2D eigenvalue weighted by molar-refractivity contribution is -0.384. The summed E-state index contributed by atoms with van der Waals surface area (Å²) in [6.07, 6.45) is 2.95. The van der Waals surface area contributed by atoms with Gasteiger partial charge in [0.15, 0.2) is 5.78 Å². The van der Waals surface area contributed by atoms with Gasteiger partial charge in [0.2, 0.25) is 0 Å². The molecule has 23 heavy (non-hydrogen) atoms. The highest BCUT2D eigenvalue weighted by Gasteiger charge is 2.10. The van der Waals surface area contributed by atoms with Crippen LogP contribution in [0.3, 0.4) is 0 Å². The highest BCUT2D eigenvalue weighted by Crippen LogP contribution is 2.25. The minimum Gasteiger partial charge on any atom is -0.497 e. The fourth-order valence-electron chi connectivity index (χ4n) is 1.99. The highest BCUT2D eigenvalue weighted by molar-refractivity contribution is 6.07. The second-order valence-electron chi connectivity index (χ2n) is 4.61. The van der Waals surface area contributed by atoms with Crippen molar-refractivity contribution in [2.75, 3.05) is 14.2 Å². The van der Waals surface area contributed by atoms with Gasteiger partial charge >= 0.3 is 0 Å². The number of hydrogen-bond donors (Lipinski definition) is 0. The Labute approximate surface area is 133 Å². The van der Waals surface area contributed by atoms with Crippen LogP contribution in [0.4, 0.5) is 5.69 Å². The molecule has 2 aromatic carbocycles. The Bertz CT molecular complexity index is 767. The maximum absolute atomic E-state index is 12.1. The molecular formula is C17H15NO5. The number of nitro groups is 1. The third-order valence-electron chi connectivity index (χ3n) is 3.20. The molecule has 6 nitrogen and oxygen atoms in total. The van der Waals surface area contributed by atoms with Gasteiger partial charge in [-0.2, -0.15) is 0 Å². The molecule has 0 aliphatic rings. The molecule has 0 unspecified atom stereocenters. The summed E-state index contributed by atoms with van der Waals surface area (Å²) in [5.74, 6) is 0.878. The number of non-ortho nitro benzene ring substituents is 1. The Kier molecular flexibility index (Phi) is 5.09. The van der Waals surface area contributed by atoms with E-state index >= 15 is 0 Å². The van der Waals surface area contributed by atoms with E-state index < -0.39 is 4.92 Å². The van der Waals surface area contributed by atoms with Gasteiger partial charge in [0, 0.05) is 29.3 Å². The molecule has 0 fully saturated rings. The number of benzene rings is 2. The van der Waals surface area contributed by atoms with E-state index in [0.29, 0.717) is 17.1 Å². The largest absolute Gasteiger partial charge is 0.497 e. The first-order valence-electron chi connectivity index (χ1n) is 6.74. The van der Waals surface area contributed by atoms with E-state index in [0.717, 1.165) is 0 Å². The molecule has 0 saturated heterocycles. The molecule has 0 heterocycles. The highest BCUT2D eigenvalue weighted by atomic mass is 16.6. The number of allylic oxidation sites excluding steroid dienone is 1. The average molecular weight is 313 g/mol. The zero-order valence-electron chi connectivity index (χ0n) is 12.7. The molecule has 0 spiro atoms. The van der Waals surface area contributed by atoms with Crippen LogP contribution in [0.5, 0.6) is 11.5 Å². The molecule has 2 rings (SSSR count). The number of methoxy groups -OCH3 is 2. The number of rotatable bonds is 6. The third-order valence-corrected chi connectivity index (χ3v) is 3.20. The summed E-state index contributed by atoms with van der Waals surface area (Å²) in [5, 5.41) is 10.7. The number of nitrogens with zero attached hydrogens (tertiary/aromatic N) is 1. The predicted octanol–water partition coefficient (Wildman–Crippen LogP) is 3.51. The Morgan fingerprint density at radius 2 is 1.91 bits per heavy atom. The zero-order valence-corrected chi connectivity index (χ0v) is 12.7. The monoisotopic (exact) mass is 313 g/mol. The van der Waals surface area contributed by atoms with Crippen LogP contribution in [0.25, 0.3) is 6.08 Å². The van der Waals surface area contributed by atoms with Crippen LogP contribution in [0.2, 0.25) is 0 Å². The summed E-state index contributed by atoms with van der Waals surface area (Å²) in [7, 11) is 3.07. The van der Waals surface area contributed by atoms with Crippen molar-refractivity contribution in [3.05, 3.63) is 69.8 Å². The molecule has 6 heteroatoms. The minimum atomic E-state index is -0.535. The number of carbonyl (C=O) groups excluding carboxylic acids is 1. The molecule has 0 amide bonds. The summed E-state index contributed by atoms with van der Waals surface area (Å²) < 4.78 is 10.4. The van der Waals surface area contributed by atoms with Gasteiger partial charge in [0.1, 0.15) is 11.5 Å². The Morgan fingerprint density at radius 3 is 2.57 bits per heavy atom. The molecule has 0 aromatic heterocycles. The van der Waals surface area contributed by atoms with E-state index in [4.69, 9.17) is 9.47 Å². The van der Waals surface area contributed by atoms with Gasteiger partial charge in [-0.05, 0) is 24.3 Å². The van der Waals surface area contributed by atoms with Crippen LogP contribution in [-0.2, 0) is 0 Å². The van der Waals surface area contributed by atoms with Crippen molar-refractivity contribution in [1.82, 2.24) is 0 Å². The smallest absolute Gasteiger partial charge is 0.270 e. The molecule has 2 aromatic rings. The zero-order chi connectivity index (χ0) is 16.8. The lowest BCUT2D eigenvalue weighted by Crippen LogP contribution is -1.96. The quantitative estimate of drug-likeness (QED) is 0.353. The first-order valence-corrected chi connectivity index (χ1v) is 6.74. The average Bonchev–Trinajstić information content (AvgIpc) is 2.59. The Morgan fingerprint density at radius 1 is 1.13 bits per heavy atom. The molecule has 0 bridgehead atoms. The minimum absolute atomic E-state index is 0.119. The van der Waals surface area contributed by atoms with Gasteiger partial charge in [0.05, 0.1) is 19.1 Å². The van der Waals surface area contributed by atoms with Crippen molar-refractivity contribution in [2.45, 2.75) is 0 Å². The molecule has 118 valence electrons. The molecule has 0 atom stereocenters. The number of hydrogen-bond acceptors (Lipinski definition) is 5. The maximum atomic E-state index is 12.1.